The Labute approximate surface area is 207 Å². The Morgan fingerprint density at radius 3 is 2.32 bits per heavy atom. The lowest BCUT2D eigenvalue weighted by Gasteiger charge is -2.23. The number of carbonyl (C=O) groups is 1. The number of nitrogens with one attached hydrogen (secondary N) is 1. The predicted molar refractivity (Wildman–Crippen MR) is 133 cm³/mol. The Balaban J connectivity index is 1.82. The minimum atomic E-state index is -4.10. The molecule has 1 N–H and O–H groups in total. The topological polar surface area (TPSA) is 97.3 Å². The van der Waals surface area contributed by atoms with Crippen molar-refractivity contribution in [3.63, 3.8) is 0 Å². The fourth-order valence-corrected chi connectivity index (χ4v) is 4.68. The highest BCUT2D eigenvalue weighted by molar-refractivity contribution is 7.92. The smallest absolute Gasteiger partial charge is 0.264 e. The summed E-state index contributed by atoms with van der Waals surface area (Å²) in [5, 5.41) is 4.62. The molecule has 0 aliphatic carbocycles. The van der Waals surface area contributed by atoms with Crippen molar-refractivity contribution in [3.8, 4) is 11.5 Å². The summed E-state index contributed by atoms with van der Waals surface area (Å²) in [6, 6.07) is 16.9. The molecule has 178 valence electrons. The van der Waals surface area contributed by atoms with Gasteiger partial charge >= 0.3 is 0 Å². The second-order valence-electron chi connectivity index (χ2n) is 6.85. The lowest BCUT2D eigenvalue weighted by atomic mass is 10.2. The molecule has 0 aromatic heterocycles. The molecule has 0 fully saturated rings. The van der Waals surface area contributed by atoms with Crippen LogP contribution in [0.2, 0.25) is 10.0 Å². The average molecular weight is 522 g/mol. The molecule has 0 aliphatic rings. The third kappa shape index (κ3) is 6.19. The Morgan fingerprint density at radius 2 is 1.68 bits per heavy atom. The van der Waals surface area contributed by atoms with E-state index in [1.54, 1.807) is 36.4 Å². The van der Waals surface area contributed by atoms with Crippen molar-refractivity contribution in [2.24, 2.45) is 5.10 Å². The van der Waals surface area contributed by atoms with E-state index in [0.29, 0.717) is 27.1 Å². The number of hydrogen-bond acceptors (Lipinski definition) is 6. The van der Waals surface area contributed by atoms with Crippen LogP contribution >= 0.6 is 23.2 Å². The van der Waals surface area contributed by atoms with Gasteiger partial charge in [0.15, 0.2) is 11.5 Å². The summed E-state index contributed by atoms with van der Waals surface area (Å²) in [5.41, 5.74) is 3.20. The van der Waals surface area contributed by atoms with Gasteiger partial charge in [0.05, 0.1) is 31.0 Å². The zero-order valence-electron chi connectivity index (χ0n) is 18.2. The number of rotatable bonds is 9. The average Bonchev–Trinajstić information content (AvgIpc) is 2.82. The van der Waals surface area contributed by atoms with E-state index in [-0.39, 0.29) is 10.6 Å². The van der Waals surface area contributed by atoms with Crippen LogP contribution in [0.5, 0.6) is 11.5 Å². The summed E-state index contributed by atoms with van der Waals surface area (Å²) in [6.45, 7) is -0.533. The number of benzene rings is 3. The molecule has 3 aromatic rings. The molecule has 0 heterocycles. The molecule has 0 unspecified atom stereocenters. The molecule has 0 saturated carbocycles. The Bertz CT molecular complexity index is 1300. The second kappa shape index (κ2) is 11.2. The van der Waals surface area contributed by atoms with Crippen LogP contribution in [0.25, 0.3) is 0 Å². The van der Waals surface area contributed by atoms with Gasteiger partial charge in [0.2, 0.25) is 0 Å². The van der Waals surface area contributed by atoms with Crippen LogP contribution < -0.4 is 19.2 Å². The molecule has 0 radical (unpaired) electrons. The Morgan fingerprint density at radius 1 is 0.971 bits per heavy atom. The number of hydrazone groups is 1. The monoisotopic (exact) mass is 521 g/mol. The van der Waals surface area contributed by atoms with Crippen LogP contribution in [0.3, 0.4) is 0 Å². The van der Waals surface area contributed by atoms with Gasteiger partial charge in [-0.25, -0.2) is 13.8 Å². The maximum absolute atomic E-state index is 13.3. The number of hydrogen-bond donors (Lipinski definition) is 1. The van der Waals surface area contributed by atoms with E-state index >= 15 is 0 Å². The number of nitrogens with zero attached hydrogens (tertiary/aromatic N) is 2. The molecular formula is C23H21Cl2N3O5S. The first-order chi connectivity index (χ1) is 16.2. The zero-order chi connectivity index (χ0) is 24.7. The van der Waals surface area contributed by atoms with Crippen molar-refractivity contribution < 1.29 is 22.7 Å². The van der Waals surface area contributed by atoms with Crippen molar-refractivity contribution in [3.05, 3.63) is 82.3 Å². The predicted octanol–water partition coefficient (Wildman–Crippen LogP) is 4.36. The summed E-state index contributed by atoms with van der Waals surface area (Å²) < 4.78 is 38.0. The first-order valence-electron chi connectivity index (χ1n) is 9.82. The van der Waals surface area contributed by atoms with E-state index in [4.69, 9.17) is 32.7 Å². The van der Waals surface area contributed by atoms with Gasteiger partial charge in [-0.1, -0.05) is 29.3 Å². The minimum absolute atomic E-state index is 0.0292. The van der Waals surface area contributed by atoms with Crippen LogP contribution in [0.15, 0.2) is 76.7 Å². The van der Waals surface area contributed by atoms with E-state index < -0.39 is 22.5 Å². The van der Waals surface area contributed by atoms with Crippen LogP contribution in [0, 0.1) is 0 Å². The van der Waals surface area contributed by atoms with Gasteiger partial charge in [-0.05, 0) is 66.2 Å². The third-order valence-electron chi connectivity index (χ3n) is 4.60. The molecule has 1 amide bonds. The first kappa shape index (κ1) is 25.4. The number of halogens is 2. The van der Waals surface area contributed by atoms with Crippen LogP contribution in [0.1, 0.15) is 5.56 Å². The molecular weight excluding hydrogens is 501 g/mol. The standard InChI is InChI=1S/C23H21Cl2N3O5S/c1-32-21-11-6-16(12-22(21)33-2)14-26-27-23(29)15-28(19-5-3-4-18(25)13-19)34(30,31)20-9-7-17(24)8-10-20/h3-14H,15H2,1-2H3,(H,27,29)/b26-14-. The largest absolute Gasteiger partial charge is 0.493 e. The van der Waals surface area contributed by atoms with Gasteiger partial charge in [-0.3, -0.25) is 9.10 Å². The molecule has 0 saturated heterocycles. The molecule has 8 nitrogen and oxygen atoms in total. The number of ether oxygens (including phenoxy) is 2. The van der Waals surface area contributed by atoms with Gasteiger partial charge in [-0.2, -0.15) is 5.10 Å². The van der Waals surface area contributed by atoms with Gasteiger partial charge in [-0.15, -0.1) is 0 Å². The van der Waals surface area contributed by atoms with Crippen LogP contribution in [-0.2, 0) is 14.8 Å². The number of sulfonamides is 1. The summed E-state index contributed by atoms with van der Waals surface area (Å²) in [7, 11) is -1.07. The highest BCUT2D eigenvalue weighted by atomic mass is 35.5. The van der Waals surface area contributed by atoms with Gasteiger partial charge in [0.1, 0.15) is 6.54 Å². The number of carbonyl (C=O) groups excluding carboxylic acids is 1. The van der Waals surface area contributed by atoms with E-state index in [1.165, 1.54) is 50.8 Å². The van der Waals surface area contributed by atoms with Gasteiger partial charge in [0.25, 0.3) is 15.9 Å². The summed E-state index contributed by atoms with van der Waals surface area (Å²) in [4.78, 5) is 12.6. The lowest BCUT2D eigenvalue weighted by Crippen LogP contribution is -2.39. The quantitative estimate of drug-likeness (QED) is 0.333. The van der Waals surface area contributed by atoms with Crippen molar-refractivity contribution in [1.29, 1.82) is 0 Å². The van der Waals surface area contributed by atoms with Crippen LogP contribution in [0.4, 0.5) is 5.69 Å². The van der Waals surface area contributed by atoms with Crippen molar-refractivity contribution in [1.82, 2.24) is 5.43 Å². The molecule has 11 heteroatoms. The molecule has 0 bridgehead atoms. The van der Waals surface area contributed by atoms with Crippen molar-refractivity contribution in [2.75, 3.05) is 25.1 Å². The summed E-state index contributed by atoms with van der Waals surface area (Å²) in [6.07, 6.45) is 1.40. The van der Waals surface area contributed by atoms with Crippen LogP contribution in [-0.4, -0.2) is 41.3 Å². The maximum Gasteiger partial charge on any atom is 0.264 e. The van der Waals surface area contributed by atoms with Crippen molar-refractivity contribution in [2.45, 2.75) is 4.90 Å². The fourth-order valence-electron chi connectivity index (χ4n) is 2.96. The molecule has 0 spiro atoms. The van der Waals surface area contributed by atoms with E-state index in [9.17, 15) is 13.2 Å². The molecule has 0 aliphatic heterocycles. The Kier molecular flexibility index (Phi) is 8.38. The zero-order valence-corrected chi connectivity index (χ0v) is 20.6. The Hall–Kier alpha value is -3.27. The SMILES string of the molecule is COc1ccc(/C=N\NC(=O)CN(c2cccc(Cl)c2)S(=O)(=O)c2ccc(Cl)cc2)cc1OC. The van der Waals surface area contributed by atoms with E-state index in [0.717, 1.165) is 4.31 Å². The highest BCUT2D eigenvalue weighted by Gasteiger charge is 2.27. The van der Waals surface area contributed by atoms with Crippen molar-refractivity contribution >= 4 is 51.0 Å². The summed E-state index contributed by atoms with van der Waals surface area (Å²) >= 11 is 11.9. The summed E-state index contributed by atoms with van der Waals surface area (Å²) in [5.74, 6) is 0.390. The molecule has 3 rings (SSSR count). The normalized spacial score (nSPS) is 11.3. The number of anilines is 1. The highest BCUT2D eigenvalue weighted by Crippen LogP contribution is 2.28. The third-order valence-corrected chi connectivity index (χ3v) is 6.87. The maximum atomic E-state index is 13.3. The second-order valence-corrected chi connectivity index (χ2v) is 9.59. The number of methoxy groups -OCH3 is 2. The van der Waals surface area contributed by atoms with Gasteiger partial charge in [0, 0.05) is 10.0 Å². The van der Waals surface area contributed by atoms with Gasteiger partial charge < -0.3 is 9.47 Å². The number of amides is 1. The first-order valence-corrected chi connectivity index (χ1v) is 12.0. The fraction of sp³-hybridized carbons (Fsp3) is 0.130. The molecule has 3 aromatic carbocycles. The van der Waals surface area contributed by atoms with E-state index in [2.05, 4.69) is 10.5 Å². The molecule has 34 heavy (non-hydrogen) atoms. The molecule has 0 atom stereocenters. The lowest BCUT2D eigenvalue weighted by molar-refractivity contribution is -0.119. The van der Waals surface area contributed by atoms with E-state index in [1.807, 2.05) is 0 Å². The minimum Gasteiger partial charge on any atom is -0.493 e.